The van der Waals surface area contributed by atoms with Crippen LogP contribution < -0.4 is 19.7 Å². The first-order valence-corrected chi connectivity index (χ1v) is 7.98. The van der Waals surface area contributed by atoms with E-state index < -0.39 is 0 Å². The molecule has 1 fully saturated rings. The van der Waals surface area contributed by atoms with Crippen LogP contribution in [0.1, 0.15) is 13.3 Å². The molecule has 2 heterocycles. The lowest BCUT2D eigenvalue weighted by molar-refractivity contribution is -0.117. The van der Waals surface area contributed by atoms with Gasteiger partial charge >= 0.3 is 0 Å². The van der Waals surface area contributed by atoms with Crippen molar-refractivity contribution in [3.05, 3.63) is 30.6 Å². The molecule has 1 amide bonds. The maximum absolute atomic E-state index is 12.7. The molecule has 0 spiro atoms. The van der Waals surface area contributed by atoms with E-state index in [1.54, 1.807) is 31.4 Å². The van der Waals surface area contributed by atoms with Crippen molar-refractivity contribution in [1.29, 1.82) is 0 Å². The minimum atomic E-state index is -0.253. The van der Waals surface area contributed by atoms with E-state index in [4.69, 9.17) is 9.47 Å². The van der Waals surface area contributed by atoms with Gasteiger partial charge in [-0.3, -0.25) is 9.48 Å². The van der Waals surface area contributed by atoms with Gasteiger partial charge in [0.25, 0.3) is 0 Å². The van der Waals surface area contributed by atoms with Crippen molar-refractivity contribution in [3.8, 4) is 11.5 Å². The van der Waals surface area contributed by atoms with Crippen molar-refractivity contribution in [2.45, 2.75) is 25.9 Å². The quantitative estimate of drug-likeness (QED) is 0.879. The first-order valence-electron chi connectivity index (χ1n) is 7.98. The second-order valence-electron chi connectivity index (χ2n) is 5.63. The Morgan fingerprint density at radius 2 is 1.96 bits per heavy atom. The van der Waals surface area contributed by atoms with Crippen molar-refractivity contribution in [1.82, 2.24) is 9.78 Å². The molecule has 1 unspecified atom stereocenters. The van der Waals surface area contributed by atoms with Crippen LogP contribution in [-0.4, -0.2) is 42.5 Å². The average molecular weight is 330 g/mol. The largest absolute Gasteiger partial charge is 0.497 e. The van der Waals surface area contributed by atoms with E-state index in [9.17, 15) is 4.79 Å². The molecule has 2 aromatic rings. The summed E-state index contributed by atoms with van der Waals surface area (Å²) in [6.45, 7) is 3.47. The fraction of sp³-hybridized carbons (Fsp3) is 0.412. The molecule has 0 radical (unpaired) electrons. The number of rotatable bonds is 6. The van der Waals surface area contributed by atoms with Crippen molar-refractivity contribution in [3.63, 3.8) is 0 Å². The number of ether oxygens (including phenoxy) is 2. The summed E-state index contributed by atoms with van der Waals surface area (Å²) in [5.74, 6) is 1.37. The molecular formula is C17H22N4O3. The summed E-state index contributed by atoms with van der Waals surface area (Å²) in [5.41, 5.74) is 1.64. The summed E-state index contributed by atoms with van der Waals surface area (Å²) in [6, 6.07) is 5.23. The smallest absolute Gasteiger partial charge is 0.249 e. The highest BCUT2D eigenvalue weighted by molar-refractivity contribution is 6.01. The number of hydrogen-bond acceptors (Lipinski definition) is 5. The zero-order valence-electron chi connectivity index (χ0n) is 14.2. The van der Waals surface area contributed by atoms with E-state index in [-0.39, 0.29) is 11.9 Å². The number of anilines is 2. The van der Waals surface area contributed by atoms with Gasteiger partial charge in [0.15, 0.2) is 0 Å². The highest BCUT2D eigenvalue weighted by Gasteiger charge is 2.33. The SMILES string of the molecule is CCn1cc(NC2CCN(c3cc(OC)cc(OC)c3)C2=O)cn1. The van der Waals surface area contributed by atoms with E-state index in [1.165, 1.54) is 0 Å². The van der Waals surface area contributed by atoms with Gasteiger partial charge < -0.3 is 19.7 Å². The number of aryl methyl sites for hydroxylation is 1. The molecule has 24 heavy (non-hydrogen) atoms. The fourth-order valence-electron chi connectivity index (χ4n) is 2.83. The number of aromatic nitrogens is 2. The number of methoxy groups -OCH3 is 2. The number of hydrogen-bond donors (Lipinski definition) is 1. The van der Waals surface area contributed by atoms with Crippen LogP contribution in [0.15, 0.2) is 30.6 Å². The maximum Gasteiger partial charge on any atom is 0.249 e. The van der Waals surface area contributed by atoms with Crippen molar-refractivity contribution < 1.29 is 14.3 Å². The Bertz CT molecular complexity index is 706. The van der Waals surface area contributed by atoms with Crippen LogP contribution in [0.4, 0.5) is 11.4 Å². The van der Waals surface area contributed by atoms with Crippen LogP contribution in [-0.2, 0) is 11.3 Å². The number of benzene rings is 1. The normalized spacial score (nSPS) is 17.2. The molecule has 1 atom stereocenters. The molecule has 0 aliphatic carbocycles. The Kier molecular flexibility index (Phi) is 4.59. The third kappa shape index (κ3) is 3.15. The molecule has 1 aliphatic rings. The predicted octanol–water partition coefficient (Wildman–Crippen LogP) is 2.14. The van der Waals surface area contributed by atoms with Crippen LogP contribution in [0.25, 0.3) is 0 Å². The van der Waals surface area contributed by atoms with E-state index >= 15 is 0 Å². The fourth-order valence-corrected chi connectivity index (χ4v) is 2.83. The molecule has 3 rings (SSSR count). The summed E-state index contributed by atoms with van der Waals surface area (Å²) in [7, 11) is 3.19. The van der Waals surface area contributed by atoms with Crippen molar-refractivity contribution in [2.24, 2.45) is 0 Å². The predicted molar refractivity (Wildman–Crippen MR) is 91.8 cm³/mol. The van der Waals surface area contributed by atoms with E-state index in [0.717, 1.165) is 24.3 Å². The van der Waals surface area contributed by atoms with Crippen LogP contribution >= 0.6 is 0 Å². The Morgan fingerprint density at radius 3 is 2.54 bits per heavy atom. The van der Waals surface area contributed by atoms with E-state index in [0.29, 0.717) is 18.0 Å². The van der Waals surface area contributed by atoms with Gasteiger partial charge in [0, 0.05) is 37.5 Å². The Labute approximate surface area is 141 Å². The second-order valence-corrected chi connectivity index (χ2v) is 5.63. The molecular weight excluding hydrogens is 308 g/mol. The molecule has 0 bridgehead atoms. The first-order chi connectivity index (χ1) is 11.6. The molecule has 1 N–H and O–H groups in total. The Hall–Kier alpha value is -2.70. The molecule has 128 valence electrons. The molecule has 1 aromatic carbocycles. The molecule has 1 saturated heterocycles. The minimum Gasteiger partial charge on any atom is -0.497 e. The number of carbonyl (C=O) groups excluding carboxylic acids is 1. The van der Waals surface area contributed by atoms with Gasteiger partial charge in [-0.05, 0) is 13.3 Å². The van der Waals surface area contributed by atoms with E-state index in [2.05, 4.69) is 10.4 Å². The summed E-state index contributed by atoms with van der Waals surface area (Å²) in [4.78, 5) is 14.5. The zero-order chi connectivity index (χ0) is 17.1. The van der Waals surface area contributed by atoms with Crippen LogP contribution in [0, 0.1) is 0 Å². The highest BCUT2D eigenvalue weighted by Crippen LogP contribution is 2.31. The van der Waals surface area contributed by atoms with Crippen LogP contribution in [0.2, 0.25) is 0 Å². The first kappa shape index (κ1) is 16.2. The lowest BCUT2D eigenvalue weighted by Crippen LogP contribution is -2.33. The standard InChI is InChI=1S/C17H22N4O3/c1-4-20-11-12(10-18-20)19-16-5-6-21(17(16)22)13-7-14(23-2)9-15(8-13)24-3/h7-11,16,19H,4-6H2,1-3H3. The topological polar surface area (TPSA) is 68.6 Å². The highest BCUT2D eigenvalue weighted by atomic mass is 16.5. The van der Waals surface area contributed by atoms with Crippen LogP contribution in [0.5, 0.6) is 11.5 Å². The molecule has 7 heteroatoms. The number of nitrogens with zero attached hydrogens (tertiary/aromatic N) is 3. The van der Waals surface area contributed by atoms with Gasteiger partial charge in [-0.15, -0.1) is 0 Å². The van der Waals surface area contributed by atoms with E-state index in [1.807, 2.05) is 29.9 Å². The Balaban J connectivity index is 1.76. The molecule has 1 aliphatic heterocycles. The molecule has 0 saturated carbocycles. The summed E-state index contributed by atoms with van der Waals surface area (Å²) in [5, 5.41) is 7.49. The third-order valence-corrected chi connectivity index (χ3v) is 4.15. The van der Waals surface area contributed by atoms with Gasteiger partial charge in [-0.1, -0.05) is 0 Å². The molecule has 1 aromatic heterocycles. The van der Waals surface area contributed by atoms with Gasteiger partial charge in [-0.2, -0.15) is 5.10 Å². The number of amides is 1. The van der Waals surface area contributed by atoms with Gasteiger partial charge in [0.05, 0.1) is 31.8 Å². The van der Waals surface area contributed by atoms with Crippen molar-refractivity contribution in [2.75, 3.05) is 31.0 Å². The monoisotopic (exact) mass is 330 g/mol. The summed E-state index contributed by atoms with van der Waals surface area (Å²) in [6.07, 6.45) is 4.38. The van der Waals surface area contributed by atoms with Crippen molar-refractivity contribution >= 4 is 17.3 Å². The minimum absolute atomic E-state index is 0.0366. The summed E-state index contributed by atoms with van der Waals surface area (Å²) < 4.78 is 12.4. The summed E-state index contributed by atoms with van der Waals surface area (Å²) >= 11 is 0. The average Bonchev–Trinajstić information content (AvgIpc) is 3.22. The maximum atomic E-state index is 12.7. The van der Waals surface area contributed by atoms with Gasteiger partial charge in [0.1, 0.15) is 17.5 Å². The van der Waals surface area contributed by atoms with Gasteiger partial charge in [-0.25, -0.2) is 0 Å². The lowest BCUT2D eigenvalue weighted by atomic mass is 10.2. The molecule has 7 nitrogen and oxygen atoms in total. The third-order valence-electron chi connectivity index (χ3n) is 4.15. The Morgan fingerprint density at radius 1 is 1.25 bits per heavy atom. The zero-order valence-corrected chi connectivity index (χ0v) is 14.2. The lowest BCUT2D eigenvalue weighted by Gasteiger charge is -2.19. The van der Waals surface area contributed by atoms with Crippen LogP contribution in [0.3, 0.4) is 0 Å². The second kappa shape index (κ2) is 6.82. The van der Waals surface area contributed by atoms with Gasteiger partial charge in [0.2, 0.25) is 5.91 Å². The number of nitrogens with one attached hydrogen (secondary N) is 1. The number of carbonyl (C=O) groups is 1.